The van der Waals surface area contributed by atoms with Gasteiger partial charge in [-0.25, -0.2) is 4.98 Å². The van der Waals surface area contributed by atoms with Crippen molar-refractivity contribution in [2.45, 2.75) is 50.6 Å². The predicted octanol–water partition coefficient (Wildman–Crippen LogP) is 2.38. The zero-order chi connectivity index (χ0) is 23.5. The Labute approximate surface area is 196 Å². The second-order valence-electron chi connectivity index (χ2n) is 8.89. The van der Waals surface area contributed by atoms with E-state index >= 15 is 0 Å². The first-order chi connectivity index (χ1) is 15.9. The van der Waals surface area contributed by atoms with Gasteiger partial charge in [0.2, 0.25) is 11.8 Å². The van der Waals surface area contributed by atoms with Gasteiger partial charge >= 0.3 is 0 Å². The van der Waals surface area contributed by atoms with Gasteiger partial charge in [-0.3, -0.25) is 14.4 Å². The quantitative estimate of drug-likeness (QED) is 0.545. The van der Waals surface area contributed by atoms with Gasteiger partial charge in [0.1, 0.15) is 12.1 Å². The summed E-state index contributed by atoms with van der Waals surface area (Å²) in [5.74, 6) is -0.736. The Kier molecular flexibility index (Phi) is 6.84. The van der Waals surface area contributed by atoms with Gasteiger partial charge in [-0.2, -0.15) is 5.26 Å². The van der Waals surface area contributed by atoms with Crippen molar-refractivity contribution in [2.24, 2.45) is 11.8 Å². The van der Waals surface area contributed by atoms with Gasteiger partial charge in [-0.1, -0.05) is 30.5 Å². The predicted molar refractivity (Wildman–Crippen MR) is 122 cm³/mol. The Morgan fingerprint density at radius 3 is 2.79 bits per heavy atom. The van der Waals surface area contributed by atoms with Crippen molar-refractivity contribution in [1.29, 1.82) is 5.26 Å². The van der Waals surface area contributed by atoms with Gasteiger partial charge in [0, 0.05) is 19.5 Å². The summed E-state index contributed by atoms with van der Waals surface area (Å²) in [7, 11) is 1.57. The number of nitrogens with zero attached hydrogens (tertiary/aromatic N) is 3. The Hall–Kier alpha value is -3.12. The molecular weight excluding hydrogens is 444 g/mol. The van der Waals surface area contributed by atoms with Crippen molar-refractivity contribution < 1.29 is 14.4 Å². The molecular formula is C23H27ClN6O3. The summed E-state index contributed by atoms with van der Waals surface area (Å²) in [6, 6.07) is 5.76. The fourth-order valence-electron chi connectivity index (χ4n) is 4.27. The normalized spacial score (nSPS) is 19.9. The molecule has 9 nitrogen and oxygen atoms in total. The molecule has 2 heterocycles. The topological polar surface area (TPSA) is 131 Å². The van der Waals surface area contributed by atoms with E-state index in [2.05, 4.69) is 26.7 Å². The third kappa shape index (κ3) is 5.28. The Morgan fingerprint density at radius 1 is 1.33 bits per heavy atom. The second-order valence-corrected chi connectivity index (χ2v) is 9.29. The van der Waals surface area contributed by atoms with Crippen LogP contribution in [0.2, 0.25) is 5.02 Å². The van der Waals surface area contributed by atoms with Crippen LogP contribution < -0.4 is 10.6 Å². The number of benzene rings is 1. The first-order valence-electron chi connectivity index (χ1n) is 11.3. The summed E-state index contributed by atoms with van der Waals surface area (Å²) >= 11 is 6.19. The zero-order valence-corrected chi connectivity index (χ0v) is 19.2. The van der Waals surface area contributed by atoms with Crippen molar-refractivity contribution in [2.75, 3.05) is 13.6 Å². The Morgan fingerprint density at radius 2 is 2.12 bits per heavy atom. The maximum atomic E-state index is 13.2. The lowest BCUT2D eigenvalue weighted by Crippen LogP contribution is -2.51. The molecule has 0 bridgehead atoms. The highest BCUT2D eigenvalue weighted by Crippen LogP contribution is 2.35. The molecule has 1 aliphatic heterocycles. The fraction of sp³-hybridized carbons (Fsp3) is 0.522. The van der Waals surface area contributed by atoms with Crippen LogP contribution in [0, 0.1) is 23.2 Å². The number of hydrogen-bond acceptors (Lipinski definition) is 5. The fourth-order valence-corrected chi connectivity index (χ4v) is 4.49. The number of piperidine rings is 1. The number of imidazole rings is 1. The van der Waals surface area contributed by atoms with Crippen LogP contribution in [0.15, 0.2) is 18.2 Å². The highest BCUT2D eigenvalue weighted by molar-refractivity contribution is 6.35. The molecule has 3 amide bonds. The third-order valence-corrected chi connectivity index (χ3v) is 6.72. The molecule has 3 N–H and O–H groups in total. The van der Waals surface area contributed by atoms with Crippen molar-refractivity contribution >= 4 is 40.4 Å². The lowest BCUT2D eigenvalue weighted by molar-refractivity contribution is -0.129. The molecule has 0 spiro atoms. The van der Waals surface area contributed by atoms with Crippen LogP contribution in [-0.2, 0) is 9.59 Å². The molecule has 2 unspecified atom stereocenters. The number of nitrogens with one attached hydrogen (secondary N) is 3. The minimum atomic E-state index is -0.804. The van der Waals surface area contributed by atoms with Crippen molar-refractivity contribution in [1.82, 2.24) is 25.5 Å². The highest BCUT2D eigenvalue weighted by Gasteiger charge is 2.36. The number of aromatic amines is 1. The van der Waals surface area contributed by atoms with E-state index in [4.69, 9.17) is 11.6 Å². The van der Waals surface area contributed by atoms with Crippen molar-refractivity contribution in [3.05, 3.63) is 29.0 Å². The minimum Gasteiger partial charge on any atom is -0.356 e. The monoisotopic (exact) mass is 470 g/mol. The van der Waals surface area contributed by atoms with Crippen LogP contribution in [0.25, 0.3) is 11.0 Å². The summed E-state index contributed by atoms with van der Waals surface area (Å²) in [6.45, 7) is 0.641. The summed E-state index contributed by atoms with van der Waals surface area (Å²) in [5, 5.41) is 15.6. The minimum absolute atomic E-state index is 0.0823. The number of hydrogen-bond donors (Lipinski definition) is 3. The van der Waals surface area contributed by atoms with Crippen molar-refractivity contribution in [3.63, 3.8) is 0 Å². The molecule has 1 aromatic carbocycles. The number of nitriles is 1. The molecule has 0 radical (unpaired) electrons. The molecule has 1 saturated heterocycles. The molecule has 4 rings (SSSR count). The SMILES string of the molecule is CN(C(=O)c1nc2cccc(Cl)c2[nH]1)C(CC1CC1)C(=O)N[C@H](C#N)CC1CCCNC1=O. The molecule has 3 atom stereocenters. The Balaban J connectivity index is 1.48. The van der Waals surface area contributed by atoms with Gasteiger partial charge in [0.05, 0.1) is 22.1 Å². The van der Waals surface area contributed by atoms with E-state index < -0.39 is 23.9 Å². The van der Waals surface area contributed by atoms with E-state index in [9.17, 15) is 19.6 Å². The third-order valence-electron chi connectivity index (χ3n) is 6.41. The van der Waals surface area contributed by atoms with E-state index in [0.717, 1.165) is 19.3 Å². The molecule has 1 aliphatic carbocycles. The van der Waals surface area contributed by atoms with E-state index in [1.165, 1.54) is 4.90 Å². The number of para-hydroxylation sites is 1. The highest BCUT2D eigenvalue weighted by atomic mass is 35.5. The molecule has 10 heteroatoms. The van der Waals surface area contributed by atoms with Crippen LogP contribution in [-0.4, -0.2) is 58.3 Å². The van der Waals surface area contributed by atoms with Gasteiger partial charge in [-0.05, 0) is 43.7 Å². The van der Waals surface area contributed by atoms with Crippen LogP contribution >= 0.6 is 11.6 Å². The number of rotatable bonds is 8. The molecule has 1 saturated carbocycles. The van der Waals surface area contributed by atoms with E-state index in [0.29, 0.717) is 41.4 Å². The maximum Gasteiger partial charge on any atom is 0.290 e. The standard InChI is InChI=1S/C23H27ClN6O3/c1-30(23(33)20-28-17-6-2-5-16(24)19(17)29-20)18(10-13-7-8-13)22(32)27-15(12-25)11-14-4-3-9-26-21(14)31/h2,5-6,13-15,18H,3-4,7-11H2,1H3,(H,26,31)(H,27,32)(H,28,29)/t14?,15-,18?/m0/s1. The smallest absolute Gasteiger partial charge is 0.290 e. The number of likely N-dealkylation sites (N-methyl/N-ethyl adjacent to an activating group) is 1. The first-order valence-corrected chi connectivity index (χ1v) is 11.6. The number of carbonyl (C=O) groups is 3. The largest absolute Gasteiger partial charge is 0.356 e. The van der Waals surface area contributed by atoms with E-state index in [1.54, 1.807) is 25.2 Å². The average molecular weight is 471 g/mol. The molecule has 2 aliphatic rings. The molecule has 2 aromatic rings. The lowest BCUT2D eigenvalue weighted by atomic mass is 9.92. The number of H-pyrrole nitrogens is 1. The van der Waals surface area contributed by atoms with Crippen molar-refractivity contribution in [3.8, 4) is 6.07 Å². The number of amides is 3. The van der Waals surface area contributed by atoms with Gasteiger partial charge < -0.3 is 20.5 Å². The van der Waals surface area contributed by atoms with Crippen LogP contribution in [0.3, 0.4) is 0 Å². The van der Waals surface area contributed by atoms with E-state index in [-0.39, 0.29) is 24.1 Å². The van der Waals surface area contributed by atoms with Crippen LogP contribution in [0.4, 0.5) is 0 Å². The number of fused-ring (bicyclic) bond motifs is 1. The summed E-state index contributed by atoms with van der Waals surface area (Å²) in [4.78, 5) is 47.1. The number of halogens is 1. The lowest BCUT2D eigenvalue weighted by Gasteiger charge is -2.29. The summed E-state index contributed by atoms with van der Waals surface area (Å²) in [5.41, 5.74) is 1.13. The van der Waals surface area contributed by atoms with Gasteiger partial charge in [0.25, 0.3) is 5.91 Å². The summed E-state index contributed by atoms with van der Waals surface area (Å²) < 4.78 is 0. The molecule has 174 valence electrons. The zero-order valence-electron chi connectivity index (χ0n) is 18.4. The average Bonchev–Trinajstić information content (AvgIpc) is 3.52. The number of aromatic nitrogens is 2. The first kappa shape index (κ1) is 23.1. The summed E-state index contributed by atoms with van der Waals surface area (Å²) in [6.07, 6.45) is 4.33. The molecule has 33 heavy (non-hydrogen) atoms. The van der Waals surface area contributed by atoms with E-state index in [1.807, 2.05) is 0 Å². The molecule has 1 aromatic heterocycles. The Bertz CT molecular complexity index is 1110. The maximum absolute atomic E-state index is 13.2. The number of carbonyl (C=O) groups excluding carboxylic acids is 3. The second kappa shape index (κ2) is 9.79. The molecule has 2 fully saturated rings. The van der Waals surface area contributed by atoms with Gasteiger partial charge in [0.15, 0.2) is 5.82 Å². The van der Waals surface area contributed by atoms with Crippen LogP contribution in [0.1, 0.15) is 49.1 Å². The van der Waals surface area contributed by atoms with Gasteiger partial charge in [-0.15, -0.1) is 0 Å². The van der Waals surface area contributed by atoms with Crippen LogP contribution in [0.5, 0.6) is 0 Å².